The van der Waals surface area contributed by atoms with Crippen molar-refractivity contribution < 1.29 is 14.3 Å². The van der Waals surface area contributed by atoms with Gasteiger partial charge in [-0.05, 0) is 62.6 Å². The summed E-state index contributed by atoms with van der Waals surface area (Å²) >= 11 is 4.17. The van der Waals surface area contributed by atoms with Gasteiger partial charge in [0.25, 0.3) is 0 Å². The Balaban J connectivity index is 1.63. The average Bonchev–Trinajstić information content (AvgIpc) is 3.02. The first-order valence-corrected chi connectivity index (χ1v) is 11.3. The van der Waals surface area contributed by atoms with E-state index in [0.717, 1.165) is 43.7 Å². The number of ether oxygens (including phenoxy) is 1. The molecule has 5 rings (SSSR count). The van der Waals surface area contributed by atoms with Gasteiger partial charge in [0.1, 0.15) is 11.9 Å². The Labute approximate surface area is 177 Å². The zero-order valence-electron chi connectivity index (χ0n) is 17.0. The number of amides is 2. The minimum Gasteiger partial charge on any atom is -0.485 e. The van der Waals surface area contributed by atoms with Crippen molar-refractivity contribution in [2.45, 2.75) is 62.6 Å². The molecule has 29 heavy (non-hydrogen) atoms. The first-order chi connectivity index (χ1) is 14.0. The van der Waals surface area contributed by atoms with Crippen LogP contribution >= 0.6 is 12.6 Å². The molecule has 0 aromatic heterocycles. The Hall–Kier alpha value is -1.73. The quantitative estimate of drug-likeness (QED) is 0.659. The monoisotopic (exact) mass is 415 g/mol. The van der Waals surface area contributed by atoms with Crippen LogP contribution in [0.2, 0.25) is 0 Å². The number of likely N-dealkylation sites (N-methyl/N-ethyl adjacent to an activating group) is 1. The van der Waals surface area contributed by atoms with Crippen LogP contribution in [0.25, 0.3) is 0 Å². The van der Waals surface area contributed by atoms with Gasteiger partial charge >= 0.3 is 0 Å². The smallest absolute Gasteiger partial charge is 0.225 e. The number of rotatable bonds is 4. The van der Waals surface area contributed by atoms with Gasteiger partial charge in [-0.25, -0.2) is 0 Å². The van der Waals surface area contributed by atoms with Gasteiger partial charge in [0.05, 0.1) is 11.7 Å². The summed E-state index contributed by atoms with van der Waals surface area (Å²) in [6.45, 7) is 2.61. The predicted molar refractivity (Wildman–Crippen MR) is 115 cm³/mol. The SMILES string of the molecule is CC(=O)N[C@H]1CC[C@H]2[C@H]3Cc4ccc(NC(=O)CCS)c5c4[C@@]2(CCN3C)[C@H]1O5. The summed E-state index contributed by atoms with van der Waals surface area (Å²) in [7, 11) is 2.24. The molecule has 7 heteroatoms. The van der Waals surface area contributed by atoms with Gasteiger partial charge in [0.15, 0.2) is 0 Å². The Morgan fingerprint density at radius 3 is 2.93 bits per heavy atom. The normalized spacial score (nSPS) is 34.2. The topological polar surface area (TPSA) is 70.7 Å². The molecule has 0 radical (unpaired) electrons. The van der Waals surface area contributed by atoms with E-state index in [0.29, 0.717) is 24.1 Å². The molecule has 2 amide bonds. The zero-order valence-corrected chi connectivity index (χ0v) is 17.9. The van der Waals surface area contributed by atoms with Crippen molar-refractivity contribution in [1.29, 1.82) is 0 Å². The molecule has 1 aromatic rings. The van der Waals surface area contributed by atoms with Gasteiger partial charge < -0.3 is 20.3 Å². The van der Waals surface area contributed by atoms with Crippen molar-refractivity contribution in [3.63, 3.8) is 0 Å². The summed E-state index contributed by atoms with van der Waals surface area (Å²) in [4.78, 5) is 26.7. The molecule has 1 spiro atoms. The number of piperidine rings is 1. The lowest BCUT2D eigenvalue weighted by atomic mass is 9.51. The van der Waals surface area contributed by atoms with Crippen molar-refractivity contribution in [2.75, 3.05) is 24.7 Å². The second-order valence-electron chi connectivity index (χ2n) is 9.07. The molecule has 5 atom stereocenters. The standard InChI is InChI=1S/C22H29N3O3S/c1-12(26)23-16-6-4-14-17-11-13-3-5-15(24-18(27)7-10-29)20-19(13)22(14,21(16)28-20)8-9-25(17)2/h3,5,14,16-17,21,29H,4,6-11H2,1-2H3,(H,23,26)(H,24,27)/t14-,16-,17+,21-,22-/m0/s1. The molecule has 6 nitrogen and oxygen atoms in total. The molecule has 2 fully saturated rings. The summed E-state index contributed by atoms with van der Waals surface area (Å²) < 4.78 is 6.67. The molecule has 2 N–H and O–H groups in total. The van der Waals surface area contributed by atoms with E-state index in [1.54, 1.807) is 6.92 Å². The van der Waals surface area contributed by atoms with Gasteiger partial charge in [-0.1, -0.05) is 6.07 Å². The molecule has 2 aliphatic heterocycles. The number of carbonyl (C=O) groups is 2. The van der Waals surface area contributed by atoms with Gasteiger partial charge in [0.2, 0.25) is 11.8 Å². The van der Waals surface area contributed by atoms with Crippen LogP contribution in [0.5, 0.6) is 5.75 Å². The van der Waals surface area contributed by atoms with Crippen LogP contribution in [-0.4, -0.2) is 54.2 Å². The first kappa shape index (κ1) is 19.2. The number of anilines is 1. The van der Waals surface area contributed by atoms with Crippen molar-refractivity contribution in [1.82, 2.24) is 10.2 Å². The van der Waals surface area contributed by atoms with Crippen molar-refractivity contribution in [2.24, 2.45) is 5.92 Å². The average molecular weight is 416 g/mol. The molecular formula is C22H29N3O3S. The zero-order chi connectivity index (χ0) is 20.3. The third-order valence-electron chi connectivity index (χ3n) is 7.62. The van der Waals surface area contributed by atoms with Crippen LogP contribution in [0.3, 0.4) is 0 Å². The number of benzene rings is 1. The predicted octanol–water partition coefficient (Wildman–Crippen LogP) is 2.12. The van der Waals surface area contributed by atoms with Crippen molar-refractivity contribution in [3.8, 4) is 5.75 Å². The molecule has 2 heterocycles. The Bertz CT molecular complexity index is 875. The highest BCUT2D eigenvalue weighted by Crippen LogP contribution is 2.63. The summed E-state index contributed by atoms with van der Waals surface area (Å²) in [5.41, 5.74) is 3.33. The summed E-state index contributed by atoms with van der Waals surface area (Å²) in [6.07, 6.45) is 4.38. The van der Waals surface area contributed by atoms with E-state index < -0.39 is 0 Å². The minimum atomic E-state index is -0.0737. The number of nitrogens with one attached hydrogen (secondary N) is 2. The lowest BCUT2D eigenvalue weighted by Gasteiger charge is -2.59. The third-order valence-corrected chi connectivity index (χ3v) is 7.84. The maximum absolute atomic E-state index is 12.3. The van der Waals surface area contributed by atoms with E-state index >= 15 is 0 Å². The minimum absolute atomic E-state index is 0.00662. The Morgan fingerprint density at radius 2 is 2.17 bits per heavy atom. The van der Waals surface area contributed by atoms with E-state index in [9.17, 15) is 9.59 Å². The van der Waals surface area contributed by atoms with Crippen LogP contribution in [0.15, 0.2) is 12.1 Å². The maximum Gasteiger partial charge on any atom is 0.225 e. The van der Waals surface area contributed by atoms with Gasteiger partial charge in [-0.2, -0.15) is 12.6 Å². The van der Waals surface area contributed by atoms with Crippen molar-refractivity contribution >= 4 is 30.1 Å². The van der Waals surface area contributed by atoms with Crippen LogP contribution in [0, 0.1) is 5.92 Å². The Kier molecular flexibility index (Phi) is 4.59. The first-order valence-electron chi connectivity index (χ1n) is 10.7. The highest BCUT2D eigenvalue weighted by atomic mass is 32.1. The summed E-state index contributed by atoms with van der Waals surface area (Å²) in [6, 6.07) is 4.68. The number of likely N-dealkylation sites (tertiary alicyclic amines) is 1. The summed E-state index contributed by atoms with van der Waals surface area (Å²) in [5, 5.41) is 6.21. The van der Waals surface area contributed by atoms with Crippen molar-refractivity contribution in [3.05, 3.63) is 23.3 Å². The highest BCUT2D eigenvalue weighted by molar-refractivity contribution is 7.80. The number of hydrogen-bond acceptors (Lipinski definition) is 5. The molecular weight excluding hydrogens is 386 g/mol. The van der Waals surface area contributed by atoms with E-state index in [2.05, 4.69) is 41.3 Å². The third kappa shape index (κ3) is 2.73. The number of hydrogen-bond donors (Lipinski definition) is 3. The lowest BCUT2D eigenvalue weighted by Crippen LogP contribution is -2.68. The van der Waals surface area contributed by atoms with Gasteiger partial charge in [0, 0.05) is 30.4 Å². The molecule has 2 bridgehead atoms. The van der Waals surface area contributed by atoms with Gasteiger partial charge in [-0.3, -0.25) is 9.59 Å². The number of carbonyl (C=O) groups excluding carboxylic acids is 2. The second kappa shape index (κ2) is 6.91. The van der Waals surface area contributed by atoms with E-state index in [1.807, 2.05) is 6.07 Å². The van der Waals surface area contributed by atoms with E-state index in [-0.39, 0.29) is 29.4 Å². The second-order valence-corrected chi connectivity index (χ2v) is 9.52. The fraction of sp³-hybridized carbons (Fsp3) is 0.636. The fourth-order valence-electron chi connectivity index (χ4n) is 6.57. The largest absolute Gasteiger partial charge is 0.485 e. The molecule has 1 saturated heterocycles. The number of nitrogens with zero attached hydrogens (tertiary/aromatic N) is 1. The molecule has 1 aromatic carbocycles. The van der Waals surface area contributed by atoms with Crippen LogP contribution < -0.4 is 15.4 Å². The molecule has 156 valence electrons. The Morgan fingerprint density at radius 1 is 1.34 bits per heavy atom. The summed E-state index contributed by atoms with van der Waals surface area (Å²) in [5.74, 6) is 1.82. The maximum atomic E-state index is 12.3. The molecule has 0 unspecified atom stereocenters. The van der Waals surface area contributed by atoms with Gasteiger partial charge in [-0.15, -0.1) is 0 Å². The van der Waals surface area contributed by atoms with Crippen LogP contribution in [-0.2, 0) is 21.4 Å². The van der Waals surface area contributed by atoms with Crippen LogP contribution in [0.4, 0.5) is 5.69 Å². The lowest BCUT2D eigenvalue weighted by molar-refractivity contribution is -0.122. The molecule has 2 aliphatic carbocycles. The fourth-order valence-corrected chi connectivity index (χ4v) is 6.78. The molecule has 1 saturated carbocycles. The van der Waals surface area contributed by atoms with E-state index in [1.165, 1.54) is 11.1 Å². The van der Waals surface area contributed by atoms with E-state index in [4.69, 9.17) is 4.74 Å². The number of thiol groups is 1. The molecule has 4 aliphatic rings. The highest BCUT2D eigenvalue weighted by Gasteiger charge is 2.65. The van der Waals surface area contributed by atoms with Crippen LogP contribution in [0.1, 0.15) is 43.7 Å².